The van der Waals surface area contributed by atoms with Crippen molar-refractivity contribution in [2.24, 2.45) is 0 Å². The van der Waals surface area contributed by atoms with Crippen LogP contribution in [0.25, 0.3) is 0 Å². The van der Waals surface area contributed by atoms with Gasteiger partial charge in [-0.05, 0) is 38.8 Å². The predicted octanol–water partition coefficient (Wildman–Crippen LogP) is 2.60. The van der Waals surface area contributed by atoms with Gasteiger partial charge in [-0.25, -0.2) is 0 Å². The second kappa shape index (κ2) is 9.13. The molecule has 1 heterocycles. The second-order valence-corrected chi connectivity index (χ2v) is 5.61. The summed E-state index contributed by atoms with van der Waals surface area (Å²) in [7, 11) is 0. The van der Waals surface area contributed by atoms with Crippen LogP contribution in [0.2, 0.25) is 0 Å². The van der Waals surface area contributed by atoms with Gasteiger partial charge in [0.1, 0.15) is 0 Å². The van der Waals surface area contributed by atoms with Gasteiger partial charge in [-0.1, -0.05) is 25.7 Å². The van der Waals surface area contributed by atoms with E-state index in [1.165, 1.54) is 51.4 Å². The molecule has 0 radical (unpaired) electrons. The van der Waals surface area contributed by atoms with Crippen molar-refractivity contribution in [2.45, 2.75) is 63.6 Å². The largest absolute Gasteiger partial charge is 0.389 e. The van der Waals surface area contributed by atoms with E-state index < -0.39 is 0 Å². The van der Waals surface area contributed by atoms with Crippen molar-refractivity contribution in [1.29, 1.82) is 0 Å². The van der Waals surface area contributed by atoms with Crippen LogP contribution in [0, 0.1) is 0 Å². The van der Waals surface area contributed by atoms with Gasteiger partial charge in [-0.2, -0.15) is 0 Å². The lowest BCUT2D eigenvalue weighted by Crippen LogP contribution is -2.36. The maximum atomic E-state index is 9.99. The molecule has 0 aromatic heterocycles. The van der Waals surface area contributed by atoms with Crippen molar-refractivity contribution >= 4 is 12.4 Å². The Hall–Kier alpha value is 0.170. The molecule has 2 rings (SSSR count). The molecule has 1 saturated carbocycles. The first-order chi connectivity index (χ1) is 8.34. The number of aliphatic hydroxyl groups is 1. The maximum absolute atomic E-state index is 9.99. The van der Waals surface area contributed by atoms with Crippen molar-refractivity contribution in [1.82, 2.24) is 4.90 Å². The Morgan fingerprint density at radius 2 is 1.61 bits per heavy atom. The van der Waals surface area contributed by atoms with E-state index in [1.54, 1.807) is 0 Å². The Balaban J connectivity index is 0.00000162. The molecule has 0 spiro atoms. The van der Waals surface area contributed by atoms with E-state index in [2.05, 4.69) is 4.90 Å². The van der Waals surface area contributed by atoms with Gasteiger partial charge in [0.15, 0.2) is 0 Å². The Labute approximate surface area is 117 Å². The molecule has 1 N–H and O–H groups in total. The van der Waals surface area contributed by atoms with Crippen molar-refractivity contribution in [3.8, 4) is 0 Å². The fourth-order valence-electron chi connectivity index (χ4n) is 2.97. The van der Waals surface area contributed by atoms with E-state index in [0.717, 1.165) is 19.6 Å². The zero-order chi connectivity index (χ0) is 11.9. The lowest BCUT2D eigenvalue weighted by molar-refractivity contribution is -0.0180. The van der Waals surface area contributed by atoms with Crippen LogP contribution in [0.5, 0.6) is 0 Å². The molecule has 4 heteroatoms. The maximum Gasteiger partial charge on any atom is 0.0900 e. The number of halogens is 1. The summed E-state index contributed by atoms with van der Waals surface area (Å²) in [5.41, 5.74) is 0. The van der Waals surface area contributed by atoms with Crippen molar-refractivity contribution < 1.29 is 9.84 Å². The molecule has 2 fully saturated rings. The van der Waals surface area contributed by atoms with Gasteiger partial charge in [0.2, 0.25) is 0 Å². The molecule has 2 aliphatic rings. The third kappa shape index (κ3) is 5.87. The molecular formula is C14H28ClNO2. The molecule has 108 valence electrons. The van der Waals surface area contributed by atoms with Crippen LogP contribution in [-0.4, -0.2) is 48.5 Å². The topological polar surface area (TPSA) is 32.7 Å². The monoisotopic (exact) mass is 277 g/mol. The first-order valence-electron chi connectivity index (χ1n) is 7.36. The quantitative estimate of drug-likeness (QED) is 0.838. The van der Waals surface area contributed by atoms with Gasteiger partial charge < -0.3 is 14.7 Å². The van der Waals surface area contributed by atoms with E-state index in [0.29, 0.717) is 12.7 Å². The Morgan fingerprint density at radius 1 is 1.00 bits per heavy atom. The second-order valence-electron chi connectivity index (χ2n) is 5.61. The van der Waals surface area contributed by atoms with Crippen LogP contribution in [0.3, 0.4) is 0 Å². The average Bonchev–Trinajstić information content (AvgIpc) is 2.72. The smallest absolute Gasteiger partial charge is 0.0900 e. The molecule has 1 saturated heterocycles. The molecule has 0 aromatic carbocycles. The van der Waals surface area contributed by atoms with Crippen LogP contribution in [0.1, 0.15) is 51.4 Å². The van der Waals surface area contributed by atoms with Crippen LogP contribution in [0.4, 0.5) is 0 Å². The summed E-state index contributed by atoms with van der Waals surface area (Å²) in [6.07, 6.45) is 10.4. The molecule has 1 aliphatic heterocycles. The van der Waals surface area contributed by atoms with Crippen LogP contribution in [-0.2, 0) is 4.74 Å². The number of ether oxygens (including phenoxy) is 1. The molecule has 18 heavy (non-hydrogen) atoms. The number of rotatable bonds is 5. The summed E-state index contributed by atoms with van der Waals surface area (Å²) in [4.78, 5) is 2.40. The Kier molecular flexibility index (Phi) is 8.23. The molecule has 1 unspecified atom stereocenters. The van der Waals surface area contributed by atoms with Gasteiger partial charge in [0, 0.05) is 6.54 Å². The summed E-state index contributed by atoms with van der Waals surface area (Å²) in [5.74, 6) is 0. The number of likely N-dealkylation sites (tertiary alicyclic amines) is 1. The number of hydrogen-bond donors (Lipinski definition) is 1. The molecule has 0 amide bonds. The van der Waals surface area contributed by atoms with Crippen molar-refractivity contribution in [2.75, 3.05) is 26.2 Å². The molecule has 0 bridgehead atoms. The predicted molar refractivity (Wildman–Crippen MR) is 76.4 cm³/mol. The minimum absolute atomic E-state index is 0. The third-order valence-electron chi connectivity index (χ3n) is 3.99. The van der Waals surface area contributed by atoms with Crippen molar-refractivity contribution in [3.63, 3.8) is 0 Å². The zero-order valence-corrected chi connectivity index (χ0v) is 12.2. The highest BCUT2D eigenvalue weighted by atomic mass is 35.5. The summed E-state index contributed by atoms with van der Waals surface area (Å²) < 4.78 is 5.76. The summed E-state index contributed by atoms with van der Waals surface area (Å²) >= 11 is 0. The summed E-state index contributed by atoms with van der Waals surface area (Å²) in [6.45, 7) is 3.63. The zero-order valence-electron chi connectivity index (χ0n) is 11.4. The normalized spacial score (nSPS) is 24.5. The van der Waals surface area contributed by atoms with E-state index in [1.807, 2.05) is 0 Å². The number of nitrogens with zero attached hydrogens (tertiary/aromatic N) is 1. The summed E-state index contributed by atoms with van der Waals surface area (Å²) in [6, 6.07) is 0. The third-order valence-corrected chi connectivity index (χ3v) is 3.99. The number of hydrogen-bond acceptors (Lipinski definition) is 3. The average molecular weight is 278 g/mol. The van der Waals surface area contributed by atoms with Gasteiger partial charge in [-0.15, -0.1) is 12.4 Å². The van der Waals surface area contributed by atoms with E-state index in [9.17, 15) is 5.11 Å². The van der Waals surface area contributed by atoms with Crippen molar-refractivity contribution in [3.05, 3.63) is 0 Å². The Bertz CT molecular complexity index is 202. The van der Waals surface area contributed by atoms with Gasteiger partial charge in [0.25, 0.3) is 0 Å². The van der Waals surface area contributed by atoms with Crippen LogP contribution >= 0.6 is 12.4 Å². The van der Waals surface area contributed by atoms with Gasteiger partial charge in [-0.3, -0.25) is 0 Å². The fraction of sp³-hybridized carbons (Fsp3) is 1.00. The van der Waals surface area contributed by atoms with Crippen LogP contribution < -0.4 is 0 Å². The van der Waals surface area contributed by atoms with E-state index >= 15 is 0 Å². The highest BCUT2D eigenvalue weighted by molar-refractivity contribution is 5.85. The number of β-amino-alcohol motifs (C(OH)–C–C–N with tert-alkyl or cyclic N) is 1. The standard InChI is InChI=1S/C14H27NO2.ClH/c16-13(12-17-14-7-3-4-8-14)11-15-9-5-1-2-6-10-15;/h13-14,16H,1-12H2;1H. The van der Waals surface area contributed by atoms with Crippen LogP contribution in [0.15, 0.2) is 0 Å². The molecule has 3 nitrogen and oxygen atoms in total. The summed E-state index contributed by atoms with van der Waals surface area (Å²) in [5, 5.41) is 9.99. The first kappa shape index (κ1) is 16.2. The highest BCUT2D eigenvalue weighted by Crippen LogP contribution is 2.21. The number of aliphatic hydroxyl groups excluding tert-OH is 1. The molecule has 0 aromatic rings. The molecule has 1 atom stereocenters. The molecular weight excluding hydrogens is 250 g/mol. The van der Waals surface area contributed by atoms with E-state index in [-0.39, 0.29) is 18.5 Å². The first-order valence-corrected chi connectivity index (χ1v) is 7.36. The minimum Gasteiger partial charge on any atom is -0.389 e. The van der Waals surface area contributed by atoms with Gasteiger partial charge >= 0.3 is 0 Å². The lowest BCUT2D eigenvalue weighted by Gasteiger charge is -2.24. The SMILES string of the molecule is Cl.OC(COC1CCCC1)CN1CCCCCC1. The molecule has 1 aliphatic carbocycles. The fourth-order valence-corrected chi connectivity index (χ4v) is 2.97. The van der Waals surface area contributed by atoms with E-state index in [4.69, 9.17) is 4.74 Å². The van der Waals surface area contributed by atoms with Gasteiger partial charge in [0.05, 0.1) is 18.8 Å². The Morgan fingerprint density at radius 3 is 2.22 bits per heavy atom. The minimum atomic E-state index is -0.297. The highest BCUT2D eigenvalue weighted by Gasteiger charge is 2.18. The lowest BCUT2D eigenvalue weighted by atomic mass is 10.2.